The highest BCUT2D eigenvalue weighted by Gasteiger charge is 2.33. The maximum atomic E-state index is 12.2. The van der Waals surface area contributed by atoms with Crippen molar-refractivity contribution in [2.75, 3.05) is 26.3 Å². The SMILES string of the molecule is FC(F)(F)Cn1nnc(CN2CCC(C3CCOC3)C2)n1. The molecule has 21 heavy (non-hydrogen) atoms. The lowest BCUT2D eigenvalue weighted by Gasteiger charge is -2.17. The zero-order chi connectivity index (χ0) is 14.9. The molecule has 1 aromatic heterocycles. The van der Waals surface area contributed by atoms with Crippen LogP contribution in [0.5, 0.6) is 0 Å². The summed E-state index contributed by atoms with van der Waals surface area (Å²) in [5.41, 5.74) is 0. The van der Waals surface area contributed by atoms with E-state index in [1.54, 1.807) is 0 Å². The quantitative estimate of drug-likeness (QED) is 0.833. The molecule has 0 aliphatic carbocycles. The van der Waals surface area contributed by atoms with Crippen molar-refractivity contribution in [1.82, 2.24) is 25.1 Å². The van der Waals surface area contributed by atoms with Crippen LogP contribution >= 0.6 is 0 Å². The van der Waals surface area contributed by atoms with Gasteiger partial charge in [-0.05, 0) is 36.4 Å². The molecule has 2 saturated heterocycles. The predicted molar refractivity (Wildman–Crippen MR) is 66.2 cm³/mol. The Kier molecular flexibility index (Phi) is 4.12. The van der Waals surface area contributed by atoms with Crippen LogP contribution in [0.15, 0.2) is 0 Å². The average Bonchev–Trinajstić information content (AvgIpc) is 3.08. The summed E-state index contributed by atoms with van der Waals surface area (Å²) >= 11 is 0. The number of nitrogens with zero attached hydrogens (tertiary/aromatic N) is 5. The van der Waals surface area contributed by atoms with E-state index in [4.69, 9.17) is 4.74 Å². The largest absolute Gasteiger partial charge is 0.409 e. The third kappa shape index (κ3) is 3.91. The molecule has 3 heterocycles. The van der Waals surface area contributed by atoms with Gasteiger partial charge < -0.3 is 4.74 Å². The van der Waals surface area contributed by atoms with Gasteiger partial charge in [-0.2, -0.15) is 18.0 Å². The molecule has 9 heteroatoms. The molecule has 0 spiro atoms. The molecule has 2 fully saturated rings. The summed E-state index contributed by atoms with van der Waals surface area (Å²) in [6.07, 6.45) is -2.11. The van der Waals surface area contributed by atoms with Crippen LogP contribution in [0.2, 0.25) is 0 Å². The third-order valence-corrected chi connectivity index (χ3v) is 4.12. The van der Waals surface area contributed by atoms with E-state index < -0.39 is 12.7 Å². The number of ether oxygens (including phenoxy) is 1. The second-order valence-electron chi connectivity index (χ2n) is 5.76. The van der Waals surface area contributed by atoms with Crippen LogP contribution in [0.4, 0.5) is 13.2 Å². The smallest absolute Gasteiger partial charge is 0.381 e. The van der Waals surface area contributed by atoms with E-state index in [1.165, 1.54) is 0 Å². The molecule has 0 amide bonds. The van der Waals surface area contributed by atoms with Crippen molar-refractivity contribution in [2.45, 2.75) is 32.1 Å². The highest BCUT2D eigenvalue weighted by Crippen LogP contribution is 2.30. The molecule has 0 radical (unpaired) electrons. The van der Waals surface area contributed by atoms with Gasteiger partial charge in [-0.3, -0.25) is 4.90 Å². The number of hydrogen-bond acceptors (Lipinski definition) is 5. The molecule has 118 valence electrons. The van der Waals surface area contributed by atoms with E-state index in [0.717, 1.165) is 39.1 Å². The van der Waals surface area contributed by atoms with Crippen molar-refractivity contribution in [3.63, 3.8) is 0 Å². The normalized spacial score (nSPS) is 27.6. The molecule has 0 N–H and O–H groups in total. The fourth-order valence-corrected chi connectivity index (χ4v) is 3.08. The molecule has 2 aliphatic rings. The summed E-state index contributed by atoms with van der Waals surface area (Å²) in [5, 5.41) is 10.9. The molecular formula is C12H18F3N5O. The highest BCUT2D eigenvalue weighted by molar-refractivity contribution is 4.86. The molecule has 6 nitrogen and oxygen atoms in total. The van der Waals surface area contributed by atoms with Gasteiger partial charge in [0.1, 0.15) is 0 Å². The molecule has 0 saturated carbocycles. The summed E-state index contributed by atoms with van der Waals surface area (Å²) in [7, 11) is 0. The summed E-state index contributed by atoms with van der Waals surface area (Å²) in [4.78, 5) is 2.78. The van der Waals surface area contributed by atoms with Crippen LogP contribution in [0.1, 0.15) is 18.7 Å². The van der Waals surface area contributed by atoms with Gasteiger partial charge in [0.25, 0.3) is 0 Å². The van der Waals surface area contributed by atoms with E-state index >= 15 is 0 Å². The van der Waals surface area contributed by atoms with Crippen LogP contribution in [0.25, 0.3) is 0 Å². The van der Waals surface area contributed by atoms with Gasteiger partial charge in [0.05, 0.1) is 6.54 Å². The standard InChI is InChI=1S/C12H18F3N5O/c13-12(14,15)8-20-17-11(16-18-20)6-19-3-1-9(5-19)10-2-4-21-7-10/h9-10H,1-8H2. The maximum absolute atomic E-state index is 12.2. The number of rotatable bonds is 4. The molecule has 3 rings (SSSR count). The Bertz CT molecular complexity index is 472. The zero-order valence-electron chi connectivity index (χ0n) is 11.6. The van der Waals surface area contributed by atoms with Crippen molar-refractivity contribution in [3.8, 4) is 0 Å². The number of likely N-dealkylation sites (tertiary alicyclic amines) is 1. The zero-order valence-corrected chi connectivity index (χ0v) is 11.6. The lowest BCUT2D eigenvalue weighted by Crippen LogP contribution is -2.24. The monoisotopic (exact) mass is 305 g/mol. The summed E-state index contributed by atoms with van der Waals surface area (Å²) in [6, 6.07) is 0. The Balaban J connectivity index is 1.51. The lowest BCUT2D eigenvalue weighted by atomic mass is 9.91. The molecule has 0 aromatic carbocycles. The van der Waals surface area contributed by atoms with E-state index in [-0.39, 0.29) is 0 Å². The first kappa shape index (κ1) is 14.7. The summed E-state index contributed by atoms with van der Waals surface area (Å²) < 4.78 is 42.1. The maximum Gasteiger partial charge on any atom is 0.409 e. The molecular weight excluding hydrogens is 287 g/mol. The second kappa shape index (κ2) is 5.88. The van der Waals surface area contributed by atoms with Gasteiger partial charge in [-0.15, -0.1) is 10.2 Å². The fourth-order valence-electron chi connectivity index (χ4n) is 3.08. The number of halogens is 3. The van der Waals surface area contributed by atoms with E-state index in [2.05, 4.69) is 20.3 Å². The van der Waals surface area contributed by atoms with Crippen molar-refractivity contribution < 1.29 is 17.9 Å². The van der Waals surface area contributed by atoms with Crippen molar-refractivity contribution >= 4 is 0 Å². The van der Waals surface area contributed by atoms with Gasteiger partial charge in [-0.25, -0.2) is 0 Å². The molecule has 2 unspecified atom stereocenters. The summed E-state index contributed by atoms with van der Waals surface area (Å²) in [5.74, 6) is 1.57. The van der Waals surface area contributed by atoms with Crippen LogP contribution < -0.4 is 0 Å². The van der Waals surface area contributed by atoms with Gasteiger partial charge in [0.15, 0.2) is 12.4 Å². The minimum atomic E-state index is -4.32. The first-order chi connectivity index (χ1) is 9.99. The Morgan fingerprint density at radius 1 is 1.24 bits per heavy atom. The van der Waals surface area contributed by atoms with Crippen LogP contribution in [-0.2, 0) is 17.8 Å². The van der Waals surface area contributed by atoms with Gasteiger partial charge >= 0.3 is 6.18 Å². The van der Waals surface area contributed by atoms with Gasteiger partial charge in [0.2, 0.25) is 0 Å². The first-order valence-electron chi connectivity index (χ1n) is 7.13. The topological polar surface area (TPSA) is 56.1 Å². The number of hydrogen-bond donors (Lipinski definition) is 0. The molecule has 1 aromatic rings. The number of alkyl halides is 3. The summed E-state index contributed by atoms with van der Waals surface area (Å²) in [6.45, 7) is 2.80. The first-order valence-corrected chi connectivity index (χ1v) is 7.13. The Morgan fingerprint density at radius 2 is 2.10 bits per heavy atom. The fraction of sp³-hybridized carbons (Fsp3) is 0.917. The van der Waals surface area contributed by atoms with E-state index in [1.807, 2.05) is 0 Å². The van der Waals surface area contributed by atoms with Gasteiger partial charge in [-0.1, -0.05) is 0 Å². The highest BCUT2D eigenvalue weighted by atomic mass is 19.4. The average molecular weight is 305 g/mol. The third-order valence-electron chi connectivity index (χ3n) is 4.12. The number of tetrazole rings is 1. The van der Waals surface area contributed by atoms with Crippen molar-refractivity contribution in [2.24, 2.45) is 11.8 Å². The van der Waals surface area contributed by atoms with Crippen LogP contribution in [0.3, 0.4) is 0 Å². The van der Waals surface area contributed by atoms with Crippen LogP contribution in [-0.4, -0.2) is 57.6 Å². The van der Waals surface area contributed by atoms with Crippen molar-refractivity contribution in [3.05, 3.63) is 5.82 Å². The number of aromatic nitrogens is 4. The molecule has 0 bridgehead atoms. The van der Waals surface area contributed by atoms with Crippen LogP contribution in [0, 0.1) is 11.8 Å². The minimum Gasteiger partial charge on any atom is -0.381 e. The van der Waals surface area contributed by atoms with E-state index in [0.29, 0.717) is 29.0 Å². The second-order valence-corrected chi connectivity index (χ2v) is 5.76. The Hall–Kier alpha value is -1.22. The molecule has 2 atom stereocenters. The van der Waals surface area contributed by atoms with Gasteiger partial charge in [0, 0.05) is 19.8 Å². The lowest BCUT2D eigenvalue weighted by molar-refractivity contribution is -0.145. The Morgan fingerprint density at radius 3 is 2.81 bits per heavy atom. The van der Waals surface area contributed by atoms with Crippen molar-refractivity contribution in [1.29, 1.82) is 0 Å². The van der Waals surface area contributed by atoms with E-state index in [9.17, 15) is 13.2 Å². The predicted octanol–water partition coefficient (Wildman–Crippen LogP) is 1.09. The molecule has 2 aliphatic heterocycles. The Labute approximate surface area is 120 Å². The minimum absolute atomic E-state index is 0.350.